The molecule has 0 fully saturated rings. The zero-order valence-electron chi connectivity index (χ0n) is 11.7. The van der Waals surface area contributed by atoms with Crippen molar-refractivity contribution in [1.82, 2.24) is 9.55 Å². The van der Waals surface area contributed by atoms with Gasteiger partial charge in [0.1, 0.15) is 11.6 Å². The molecular formula is C15H22FN3. The zero-order valence-corrected chi connectivity index (χ0v) is 11.7. The Hall–Kier alpha value is -1.42. The minimum absolute atomic E-state index is 0.230. The van der Waals surface area contributed by atoms with Crippen molar-refractivity contribution in [3.8, 4) is 0 Å². The first-order chi connectivity index (χ1) is 9.11. The van der Waals surface area contributed by atoms with E-state index in [-0.39, 0.29) is 5.82 Å². The number of hydrogen-bond donors (Lipinski definition) is 1. The highest BCUT2D eigenvalue weighted by Crippen LogP contribution is 2.20. The summed E-state index contributed by atoms with van der Waals surface area (Å²) in [6.45, 7) is 6.00. The number of aryl methyl sites for hydroxylation is 2. The van der Waals surface area contributed by atoms with Gasteiger partial charge in [-0.1, -0.05) is 13.8 Å². The number of nitrogens with zero attached hydrogens (tertiary/aromatic N) is 2. The average molecular weight is 263 g/mol. The van der Waals surface area contributed by atoms with Crippen LogP contribution in [0.25, 0.3) is 11.0 Å². The molecule has 0 bridgehead atoms. The van der Waals surface area contributed by atoms with Crippen LogP contribution in [0, 0.1) is 11.7 Å². The number of fused-ring (bicyclic) bond motifs is 1. The fourth-order valence-corrected chi connectivity index (χ4v) is 2.24. The van der Waals surface area contributed by atoms with Gasteiger partial charge in [0, 0.05) is 19.0 Å². The predicted molar refractivity (Wildman–Crippen MR) is 76.5 cm³/mol. The van der Waals surface area contributed by atoms with E-state index in [1.807, 2.05) is 6.07 Å². The quantitative estimate of drug-likeness (QED) is 0.870. The van der Waals surface area contributed by atoms with Crippen molar-refractivity contribution in [1.29, 1.82) is 0 Å². The van der Waals surface area contributed by atoms with Crippen molar-refractivity contribution in [3.63, 3.8) is 0 Å². The van der Waals surface area contributed by atoms with Crippen LogP contribution in [-0.2, 0) is 13.0 Å². The van der Waals surface area contributed by atoms with E-state index >= 15 is 0 Å². The summed E-state index contributed by atoms with van der Waals surface area (Å²) in [5.41, 5.74) is 7.34. The fraction of sp³-hybridized carbons (Fsp3) is 0.533. The van der Waals surface area contributed by atoms with E-state index < -0.39 is 0 Å². The number of halogens is 1. The SMILES string of the molecule is CC(C)CCn1c(CCCN)nc2cc(F)ccc21. The van der Waals surface area contributed by atoms with Gasteiger partial charge in [-0.2, -0.15) is 0 Å². The van der Waals surface area contributed by atoms with Crippen LogP contribution in [0.1, 0.15) is 32.5 Å². The highest BCUT2D eigenvalue weighted by Gasteiger charge is 2.11. The molecule has 1 aromatic carbocycles. The molecule has 2 N–H and O–H groups in total. The molecule has 0 spiro atoms. The lowest BCUT2D eigenvalue weighted by molar-refractivity contribution is 0.510. The lowest BCUT2D eigenvalue weighted by atomic mass is 10.1. The largest absolute Gasteiger partial charge is 0.330 e. The second kappa shape index (κ2) is 6.15. The van der Waals surface area contributed by atoms with Crippen molar-refractivity contribution >= 4 is 11.0 Å². The van der Waals surface area contributed by atoms with Gasteiger partial charge in [0.15, 0.2) is 0 Å². The third-order valence-electron chi connectivity index (χ3n) is 3.32. The molecule has 0 unspecified atom stereocenters. The molecule has 0 saturated heterocycles. The molecule has 0 aliphatic carbocycles. The molecule has 19 heavy (non-hydrogen) atoms. The smallest absolute Gasteiger partial charge is 0.125 e. The van der Waals surface area contributed by atoms with E-state index in [0.717, 1.165) is 42.7 Å². The van der Waals surface area contributed by atoms with E-state index in [4.69, 9.17) is 5.73 Å². The average Bonchev–Trinajstić information content (AvgIpc) is 2.70. The van der Waals surface area contributed by atoms with E-state index in [1.165, 1.54) is 12.1 Å². The molecule has 0 atom stereocenters. The lowest BCUT2D eigenvalue weighted by Crippen LogP contribution is -2.08. The van der Waals surface area contributed by atoms with Crippen LogP contribution in [0.5, 0.6) is 0 Å². The fourth-order valence-electron chi connectivity index (χ4n) is 2.24. The van der Waals surface area contributed by atoms with Crippen LogP contribution < -0.4 is 5.73 Å². The van der Waals surface area contributed by atoms with Gasteiger partial charge in [0.2, 0.25) is 0 Å². The first kappa shape index (κ1) is 14.0. The summed E-state index contributed by atoms with van der Waals surface area (Å²) in [6, 6.07) is 4.83. The Morgan fingerprint density at radius 1 is 1.37 bits per heavy atom. The maximum atomic E-state index is 13.3. The van der Waals surface area contributed by atoms with E-state index in [0.29, 0.717) is 12.5 Å². The minimum Gasteiger partial charge on any atom is -0.330 e. The summed E-state index contributed by atoms with van der Waals surface area (Å²) < 4.78 is 15.5. The Kier molecular flexibility index (Phi) is 4.53. The van der Waals surface area contributed by atoms with Crippen LogP contribution >= 0.6 is 0 Å². The van der Waals surface area contributed by atoms with Crippen LogP contribution in [0.15, 0.2) is 18.2 Å². The second-order valence-electron chi connectivity index (χ2n) is 5.39. The molecule has 2 rings (SSSR count). The van der Waals surface area contributed by atoms with Crippen LogP contribution in [0.3, 0.4) is 0 Å². The number of rotatable bonds is 6. The molecule has 0 saturated carbocycles. The topological polar surface area (TPSA) is 43.8 Å². The maximum Gasteiger partial charge on any atom is 0.125 e. The van der Waals surface area contributed by atoms with Gasteiger partial charge >= 0.3 is 0 Å². The Bertz CT molecular complexity index is 546. The number of benzene rings is 1. The summed E-state index contributed by atoms with van der Waals surface area (Å²) in [6.07, 6.45) is 2.86. The van der Waals surface area contributed by atoms with Crippen molar-refractivity contribution < 1.29 is 4.39 Å². The number of hydrogen-bond acceptors (Lipinski definition) is 2. The summed E-state index contributed by atoms with van der Waals surface area (Å²) in [4.78, 5) is 4.56. The minimum atomic E-state index is -0.230. The van der Waals surface area contributed by atoms with Crippen LogP contribution in [0.4, 0.5) is 4.39 Å². The van der Waals surface area contributed by atoms with Gasteiger partial charge in [-0.05, 0) is 37.4 Å². The Morgan fingerprint density at radius 3 is 2.84 bits per heavy atom. The van der Waals surface area contributed by atoms with Gasteiger partial charge in [-0.25, -0.2) is 9.37 Å². The molecule has 3 nitrogen and oxygen atoms in total. The van der Waals surface area contributed by atoms with Gasteiger partial charge in [0.05, 0.1) is 11.0 Å². The third kappa shape index (κ3) is 3.32. The maximum absolute atomic E-state index is 13.3. The predicted octanol–water partition coefficient (Wildman–Crippen LogP) is 3.11. The highest BCUT2D eigenvalue weighted by atomic mass is 19.1. The van der Waals surface area contributed by atoms with Crippen molar-refractivity contribution in [2.45, 2.75) is 39.7 Å². The molecule has 0 aliphatic heterocycles. The summed E-state index contributed by atoms with van der Waals surface area (Å²) >= 11 is 0. The molecule has 0 radical (unpaired) electrons. The van der Waals surface area contributed by atoms with Gasteiger partial charge in [-0.3, -0.25) is 0 Å². The molecule has 2 aromatic rings. The molecule has 1 aromatic heterocycles. The lowest BCUT2D eigenvalue weighted by Gasteiger charge is -2.10. The van der Waals surface area contributed by atoms with Gasteiger partial charge < -0.3 is 10.3 Å². The second-order valence-corrected chi connectivity index (χ2v) is 5.39. The summed E-state index contributed by atoms with van der Waals surface area (Å²) in [5, 5.41) is 0. The summed E-state index contributed by atoms with van der Waals surface area (Å²) in [5.74, 6) is 1.43. The first-order valence-electron chi connectivity index (χ1n) is 6.96. The normalized spacial score (nSPS) is 11.6. The molecule has 1 heterocycles. The first-order valence-corrected chi connectivity index (χ1v) is 6.96. The number of imidazole rings is 1. The monoisotopic (exact) mass is 263 g/mol. The van der Waals surface area contributed by atoms with Gasteiger partial charge in [0.25, 0.3) is 0 Å². The molecule has 4 heteroatoms. The third-order valence-corrected chi connectivity index (χ3v) is 3.32. The molecular weight excluding hydrogens is 241 g/mol. The van der Waals surface area contributed by atoms with E-state index in [9.17, 15) is 4.39 Å². The Balaban J connectivity index is 2.36. The van der Waals surface area contributed by atoms with E-state index in [2.05, 4.69) is 23.4 Å². The van der Waals surface area contributed by atoms with Crippen molar-refractivity contribution in [2.75, 3.05) is 6.54 Å². The number of aromatic nitrogens is 2. The molecule has 104 valence electrons. The Labute approximate surface area is 113 Å². The van der Waals surface area contributed by atoms with Crippen molar-refractivity contribution in [3.05, 3.63) is 29.8 Å². The van der Waals surface area contributed by atoms with Crippen LogP contribution in [-0.4, -0.2) is 16.1 Å². The van der Waals surface area contributed by atoms with Gasteiger partial charge in [-0.15, -0.1) is 0 Å². The van der Waals surface area contributed by atoms with Crippen molar-refractivity contribution in [2.24, 2.45) is 11.7 Å². The number of nitrogens with two attached hydrogens (primary N) is 1. The molecule has 0 amide bonds. The van der Waals surface area contributed by atoms with Crippen LogP contribution in [0.2, 0.25) is 0 Å². The zero-order chi connectivity index (χ0) is 13.8. The Morgan fingerprint density at radius 2 is 2.16 bits per heavy atom. The standard InChI is InChI=1S/C15H22FN3/c1-11(2)7-9-19-14-6-5-12(16)10-13(14)18-15(19)4-3-8-17/h5-6,10-11H,3-4,7-9,17H2,1-2H3. The van der Waals surface area contributed by atoms with E-state index in [1.54, 1.807) is 0 Å². The highest BCUT2D eigenvalue weighted by molar-refractivity contribution is 5.76. The summed E-state index contributed by atoms with van der Waals surface area (Å²) in [7, 11) is 0. The molecule has 0 aliphatic rings.